The summed E-state index contributed by atoms with van der Waals surface area (Å²) in [5, 5.41) is 6.25. The molecule has 10 nitrogen and oxygen atoms in total. The fraction of sp³-hybridized carbons (Fsp3) is 0.481. The minimum atomic E-state index is -0.785. The van der Waals surface area contributed by atoms with Crippen LogP contribution in [0.5, 0.6) is 0 Å². The zero-order valence-corrected chi connectivity index (χ0v) is 22.0. The van der Waals surface area contributed by atoms with Crippen LogP contribution in [0.4, 0.5) is 10.3 Å². The second kappa shape index (κ2) is 11.1. The lowest BCUT2D eigenvalue weighted by Crippen LogP contribution is -2.49. The topological polar surface area (TPSA) is 117 Å². The Morgan fingerprint density at radius 2 is 1.89 bits per heavy atom. The van der Waals surface area contributed by atoms with Gasteiger partial charge in [-0.15, -0.1) is 0 Å². The van der Waals surface area contributed by atoms with Crippen LogP contribution in [0.2, 0.25) is 0 Å². The molecule has 0 atom stereocenters. The van der Waals surface area contributed by atoms with Gasteiger partial charge in [0.05, 0.1) is 35.7 Å². The van der Waals surface area contributed by atoms with E-state index in [9.17, 15) is 9.18 Å². The van der Waals surface area contributed by atoms with Gasteiger partial charge in [-0.05, 0) is 70.1 Å². The normalized spacial score (nSPS) is 21.4. The molecule has 202 valence electrons. The first-order chi connectivity index (χ1) is 18.3. The fourth-order valence-electron chi connectivity index (χ4n) is 4.15. The number of ether oxygens (including phenoxy) is 2. The van der Waals surface area contributed by atoms with Crippen LogP contribution >= 0.6 is 0 Å². The molecule has 1 aliphatic heterocycles. The Hall–Kier alpha value is -3.41. The third kappa shape index (κ3) is 6.17. The van der Waals surface area contributed by atoms with Crippen molar-refractivity contribution in [1.82, 2.24) is 30.2 Å². The molecule has 0 bridgehead atoms. The maximum atomic E-state index is 13.7. The lowest BCUT2D eigenvalue weighted by Gasteiger charge is -2.35. The number of likely N-dealkylation sites (N-methyl/N-ethyl adjacent to an activating group) is 1. The van der Waals surface area contributed by atoms with Crippen molar-refractivity contribution < 1.29 is 18.7 Å². The highest BCUT2D eigenvalue weighted by Crippen LogP contribution is 2.36. The van der Waals surface area contributed by atoms with Crippen LogP contribution < -0.4 is 10.6 Å². The number of halogens is 1. The van der Waals surface area contributed by atoms with Gasteiger partial charge in [-0.1, -0.05) is 0 Å². The molecule has 1 aliphatic carbocycles. The third-order valence-corrected chi connectivity index (χ3v) is 6.72. The van der Waals surface area contributed by atoms with Crippen LogP contribution in [0.3, 0.4) is 0 Å². The van der Waals surface area contributed by atoms with Crippen LogP contribution in [0.15, 0.2) is 36.5 Å². The number of anilines is 1. The highest BCUT2D eigenvalue weighted by Gasteiger charge is 2.41. The molecule has 1 amide bonds. The summed E-state index contributed by atoms with van der Waals surface area (Å²) in [4.78, 5) is 31.9. The minimum absolute atomic E-state index is 0.0646. The number of carbonyl (C=O) groups excluding carboxylic acids is 1. The van der Waals surface area contributed by atoms with Crippen LogP contribution in [-0.4, -0.2) is 77.7 Å². The number of aromatic amines is 1. The molecule has 0 spiro atoms. The van der Waals surface area contributed by atoms with Gasteiger partial charge in [-0.25, -0.2) is 19.3 Å². The van der Waals surface area contributed by atoms with Crippen LogP contribution in [0.25, 0.3) is 22.6 Å². The van der Waals surface area contributed by atoms with E-state index in [0.29, 0.717) is 53.4 Å². The molecule has 2 fully saturated rings. The molecule has 38 heavy (non-hydrogen) atoms. The SMILES string of the molecule is CN(C)CCNc1nccc(-c2[nH]c(C3OCC(C)(C(=O)NCC4CC4)CO3)nc2-c2ccc(F)cc2)n1. The number of carbonyl (C=O) groups is 1. The first-order valence-electron chi connectivity index (χ1n) is 12.9. The smallest absolute Gasteiger partial charge is 0.230 e. The van der Waals surface area contributed by atoms with Crippen LogP contribution in [0, 0.1) is 17.2 Å². The van der Waals surface area contributed by atoms with Gasteiger partial charge in [0.25, 0.3) is 0 Å². The summed E-state index contributed by atoms with van der Waals surface area (Å²) in [5.41, 5.74) is 1.77. The average molecular weight is 524 g/mol. The Labute approximate surface area is 221 Å². The summed E-state index contributed by atoms with van der Waals surface area (Å²) < 4.78 is 25.6. The van der Waals surface area contributed by atoms with E-state index in [4.69, 9.17) is 14.5 Å². The molecular formula is C27H34FN7O3. The number of hydrogen-bond donors (Lipinski definition) is 3. The molecule has 1 saturated heterocycles. The maximum absolute atomic E-state index is 13.7. The monoisotopic (exact) mass is 523 g/mol. The Balaban J connectivity index is 1.37. The van der Waals surface area contributed by atoms with Gasteiger partial charge in [0, 0.05) is 31.4 Å². The van der Waals surface area contributed by atoms with Crippen molar-refractivity contribution in [3.63, 3.8) is 0 Å². The van der Waals surface area contributed by atoms with Crippen molar-refractivity contribution in [2.24, 2.45) is 11.3 Å². The number of benzene rings is 1. The van der Waals surface area contributed by atoms with E-state index in [2.05, 4.69) is 30.5 Å². The van der Waals surface area contributed by atoms with E-state index in [1.54, 1.807) is 24.4 Å². The van der Waals surface area contributed by atoms with E-state index in [-0.39, 0.29) is 24.9 Å². The molecule has 3 heterocycles. The van der Waals surface area contributed by atoms with Gasteiger partial charge in [0.2, 0.25) is 18.1 Å². The number of rotatable bonds is 10. The predicted molar refractivity (Wildman–Crippen MR) is 141 cm³/mol. The van der Waals surface area contributed by atoms with Gasteiger partial charge < -0.3 is 30.0 Å². The predicted octanol–water partition coefficient (Wildman–Crippen LogP) is 3.22. The van der Waals surface area contributed by atoms with Crippen molar-refractivity contribution in [1.29, 1.82) is 0 Å². The summed E-state index contributed by atoms with van der Waals surface area (Å²) in [6, 6.07) is 7.90. The zero-order valence-electron chi connectivity index (χ0n) is 22.0. The number of hydrogen-bond acceptors (Lipinski definition) is 8. The second-order valence-corrected chi connectivity index (χ2v) is 10.5. The molecule has 5 rings (SSSR count). The molecule has 1 aromatic carbocycles. The molecule has 0 radical (unpaired) electrons. The van der Waals surface area contributed by atoms with Crippen molar-refractivity contribution >= 4 is 11.9 Å². The third-order valence-electron chi connectivity index (χ3n) is 6.72. The summed E-state index contributed by atoms with van der Waals surface area (Å²) in [6.07, 6.45) is 3.23. The highest BCUT2D eigenvalue weighted by molar-refractivity contribution is 5.82. The number of aromatic nitrogens is 4. The lowest BCUT2D eigenvalue weighted by molar-refractivity contribution is -0.231. The number of imidazole rings is 1. The molecule has 1 saturated carbocycles. The summed E-state index contributed by atoms with van der Waals surface area (Å²) in [5.74, 6) is 1.13. The number of amides is 1. The summed E-state index contributed by atoms with van der Waals surface area (Å²) >= 11 is 0. The van der Waals surface area contributed by atoms with E-state index in [1.807, 2.05) is 21.0 Å². The molecule has 2 aliphatic rings. The number of nitrogens with one attached hydrogen (secondary N) is 3. The highest BCUT2D eigenvalue weighted by atomic mass is 19.1. The average Bonchev–Trinajstić information content (AvgIpc) is 3.64. The molecule has 3 N–H and O–H groups in total. The van der Waals surface area contributed by atoms with Crippen molar-refractivity contribution in [3.8, 4) is 22.6 Å². The second-order valence-electron chi connectivity index (χ2n) is 10.5. The molecular weight excluding hydrogens is 489 g/mol. The standard InChI is InChI=1S/C27H34FN7O3/c1-27(25(36)31-14-17-4-5-17)15-37-24(38-16-27)23-33-21(18-6-8-19(28)9-7-18)22(34-23)20-10-11-29-26(32-20)30-12-13-35(2)3/h6-11,17,24H,4-5,12-16H2,1-3H3,(H,31,36)(H,33,34)(H,29,30,32). The van der Waals surface area contributed by atoms with Crippen LogP contribution in [-0.2, 0) is 14.3 Å². The maximum Gasteiger partial charge on any atom is 0.230 e. The fourth-order valence-corrected chi connectivity index (χ4v) is 4.15. The Morgan fingerprint density at radius 3 is 2.58 bits per heavy atom. The van der Waals surface area contributed by atoms with E-state index in [0.717, 1.165) is 6.54 Å². The zero-order chi connectivity index (χ0) is 26.7. The Kier molecular flexibility index (Phi) is 7.68. The van der Waals surface area contributed by atoms with Gasteiger partial charge in [-0.2, -0.15) is 0 Å². The quantitative estimate of drug-likeness (QED) is 0.371. The Bertz CT molecular complexity index is 1250. The van der Waals surface area contributed by atoms with Crippen LogP contribution in [0.1, 0.15) is 31.9 Å². The number of H-pyrrole nitrogens is 1. The number of nitrogens with zero attached hydrogens (tertiary/aromatic N) is 4. The first kappa shape index (κ1) is 26.2. The lowest BCUT2D eigenvalue weighted by atomic mass is 9.91. The van der Waals surface area contributed by atoms with Gasteiger partial charge >= 0.3 is 0 Å². The van der Waals surface area contributed by atoms with Gasteiger partial charge in [-0.3, -0.25) is 4.79 Å². The van der Waals surface area contributed by atoms with E-state index in [1.165, 1.54) is 25.0 Å². The molecule has 3 aromatic rings. The van der Waals surface area contributed by atoms with Gasteiger partial charge in [0.1, 0.15) is 5.82 Å². The first-order valence-corrected chi connectivity index (χ1v) is 12.9. The van der Waals surface area contributed by atoms with Crippen molar-refractivity contribution in [2.75, 3.05) is 52.3 Å². The molecule has 2 aromatic heterocycles. The largest absolute Gasteiger partial charge is 0.355 e. The van der Waals surface area contributed by atoms with Crippen molar-refractivity contribution in [3.05, 3.63) is 48.2 Å². The summed E-state index contributed by atoms with van der Waals surface area (Å²) in [6.45, 7) is 4.45. The van der Waals surface area contributed by atoms with Gasteiger partial charge in [0.15, 0.2) is 5.82 Å². The van der Waals surface area contributed by atoms with Crippen molar-refractivity contribution in [2.45, 2.75) is 26.1 Å². The van der Waals surface area contributed by atoms with E-state index >= 15 is 0 Å². The minimum Gasteiger partial charge on any atom is -0.355 e. The molecule has 11 heteroatoms. The Morgan fingerprint density at radius 1 is 1.16 bits per heavy atom. The van der Waals surface area contributed by atoms with E-state index < -0.39 is 11.7 Å². The molecule has 0 unspecified atom stereocenters. The summed E-state index contributed by atoms with van der Waals surface area (Å²) in [7, 11) is 4.00.